The number of pyridine rings is 1. The number of hydrogen-bond acceptors (Lipinski definition) is 4. The van der Waals surface area contributed by atoms with Crippen molar-refractivity contribution in [3.05, 3.63) is 23.4 Å². The average molecular weight is 278 g/mol. The van der Waals surface area contributed by atoms with Crippen LogP contribution in [-0.4, -0.2) is 49.7 Å². The number of aromatic nitrogens is 1. The molecule has 20 heavy (non-hydrogen) atoms. The zero-order valence-electron chi connectivity index (χ0n) is 14.1. The van der Waals surface area contributed by atoms with Gasteiger partial charge < -0.3 is 15.1 Å². The van der Waals surface area contributed by atoms with Crippen molar-refractivity contribution < 1.29 is 0 Å². The second-order valence-electron chi connectivity index (χ2n) is 6.74. The molecule has 1 N–H and O–H groups in total. The summed E-state index contributed by atoms with van der Waals surface area (Å²) in [7, 11) is 6.28. The van der Waals surface area contributed by atoms with E-state index in [1.54, 1.807) is 0 Å². The van der Waals surface area contributed by atoms with Crippen molar-refractivity contribution in [3.63, 3.8) is 0 Å². The maximum Gasteiger partial charge on any atom is 0.128 e. The van der Waals surface area contributed by atoms with E-state index in [4.69, 9.17) is 4.98 Å². The number of nitrogens with zero attached hydrogens (tertiary/aromatic N) is 3. The van der Waals surface area contributed by atoms with Gasteiger partial charge in [0.1, 0.15) is 5.82 Å². The summed E-state index contributed by atoms with van der Waals surface area (Å²) in [5.74, 6) is 1.05. The van der Waals surface area contributed by atoms with E-state index in [1.807, 2.05) is 0 Å². The van der Waals surface area contributed by atoms with Crippen LogP contribution in [0.1, 0.15) is 32.0 Å². The van der Waals surface area contributed by atoms with E-state index in [0.29, 0.717) is 0 Å². The second kappa shape index (κ2) is 7.04. The second-order valence-corrected chi connectivity index (χ2v) is 6.74. The molecule has 0 spiro atoms. The highest BCUT2D eigenvalue weighted by atomic mass is 15.2. The lowest BCUT2D eigenvalue weighted by atomic mass is 10.1. The SMILES string of the molecule is Cc1nc(N(C)CCN(C)C)ccc1CNC(C)(C)C. The molecule has 1 rings (SSSR count). The van der Waals surface area contributed by atoms with Crippen LogP contribution >= 0.6 is 0 Å². The Bertz CT molecular complexity index is 421. The Kier molecular flexibility index (Phi) is 5.96. The fraction of sp³-hybridized carbons (Fsp3) is 0.688. The van der Waals surface area contributed by atoms with E-state index >= 15 is 0 Å². The maximum absolute atomic E-state index is 4.72. The predicted molar refractivity (Wildman–Crippen MR) is 87.4 cm³/mol. The van der Waals surface area contributed by atoms with E-state index in [2.05, 4.69) is 76.1 Å². The monoisotopic (exact) mass is 278 g/mol. The third kappa shape index (κ3) is 5.88. The molecule has 0 amide bonds. The number of hydrogen-bond donors (Lipinski definition) is 1. The van der Waals surface area contributed by atoms with Crippen molar-refractivity contribution in [1.29, 1.82) is 0 Å². The molecule has 1 heterocycles. The van der Waals surface area contributed by atoms with Crippen LogP contribution in [0.2, 0.25) is 0 Å². The molecular formula is C16H30N4. The van der Waals surface area contributed by atoms with Crippen LogP contribution < -0.4 is 10.2 Å². The van der Waals surface area contributed by atoms with Crippen LogP contribution in [0, 0.1) is 6.92 Å². The Morgan fingerprint density at radius 2 is 1.75 bits per heavy atom. The van der Waals surface area contributed by atoms with Gasteiger partial charge in [-0.2, -0.15) is 0 Å². The number of aryl methyl sites for hydroxylation is 1. The van der Waals surface area contributed by atoms with E-state index in [0.717, 1.165) is 31.1 Å². The molecule has 0 aliphatic rings. The first-order valence-corrected chi connectivity index (χ1v) is 7.26. The first kappa shape index (κ1) is 16.9. The summed E-state index contributed by atoms with van der Waals surface area (Å²) in [6, 6.07) is 4.30. The number of anilines is 1. The molecule has 0 atom stereocenters. The lowest BCUT2D eigenvalue weighted by Crippen LogP contribution is -2.35. The van der Waals surface area contributed by atoms with Gasteiger partial charge in [0.05, 0.1) is 0 Å². The summed E-state index contributed by atoms with van der Waals surface area (Å²) in [5, 5.41) is 3.51. The Morgan fingerprint density at radius 1 is 1.10 bits per heavy atom. The van der Waals surface area contributed by atoms with Crippen molar-refractivity contribution >= 4 is 5.82 Å². The highest BCUT2D eigenvalue weighted by molar-refractivity contribution is 5.40. The molecule has 0 aliphatic carbocycles. The van der Waals surface area contributed by atoms with Crippen molar-refractivity contribution in [2.75, 3.05) is 39.1 Å². The molecule has 0 aliphatic heterocycles. The fourth-order valence-corrected chi connectivity index (χ4v) is 1.80. The molecule has 0 saturated carbocycles. The minimum atomic E-state index is 0.133. The van der Waals surface area contributed by atoms with Gasteiger partial charge in [-0.25, -0.2) is 4.98 Å². The molecular weight excluding hydrogens is 248 g/mol. The zero-order valence-corrected chi connectivity index (χ0v) is 14.1. The number of rotatable bonds is 6. The third-order valence-corrected chi connectivity index (χ3v) is 3.26. The fourth-order valence-electron chi connectivity index (χ4n) is 1.80. The Labute approximate surface area is 124 Å². The molecule has 0 aromatic carbocycles. The molecule has 1 aromatic rings. The van der Waals surface area contributed by atoms with Crippen LogP contribution in [0.25, 0.3) is 0 Å². The first-order chi connectivity index (χ1) is 9.19. The predicted octanol–water partition coefficient (Wildman–Crippen LogP) is 2.28. The molecule has 0 unspecified atom stereocenters. The Morgan fingerprint density at radius 3 is 2.25 bits per heavy atom. The lowest BCUT2D eigenvalue weighted by Gasteiger charge is -2.23. The van der Waals surface area contributed by atoms with Gasteiger partial charge in [-0.1, -0.05) is 6.07 Å². The minimum Gasteiger partial charge on any atom is -0.358 e. The van der Waals surface area contributed by atoms with Gasteiger partial charge in [0.25, 0.3) is 0 Å². The van der Waals surface area contributed by atoms with Crippen LogP contribution in [0.5, 0.6) is 0 Å². The van der Waals surface area contributed by atoms with Gasteiger partial charge in [-0.3, -0.25) is 0 Å². The van der Waals surface area contributed by atoms with Gasteiger partial charge >= 0.3 is 0 Å². The van der Waals surface area contributed by atoms with Crippen molar-refractivity contribution in [2.24, 2.45) is 0 Å². The summed E-state index contributed by atoms with van der Waals surface area (Å²) < 4.78 is 0. The Balaban J connectivity index is 2.67. The summed E-state index contributed by atoms with van der Waals surface area (Å²) >= 11 is 0. The lowest BCUT2D eigenvalue weighted by molar-refractivity contribution is 0.416. The van der Waals surface area contributed by atoms with E-state index < -0.39 is 0 Å². The summed E-state index contributed by atoms with van der Waals surface area (Å²) in [5.41, 5.74) is 2.51. The zero-order chi connectivity index (χ0) is 15.3. The van der Waals surface area contributed by atoms with Gasteiger partial charge in [0.2, 0.25) is 0 Å². The standard InChI is InChI=1S/C16H30N4/c1-13-14(12-17-16(2,3)4)8-9-15(18-13)20(7)11-10-19(5)6/h8-9,17H,10-12H2,1-7H3. The molecule has 4 heteroatoms. The molecule has 114 valence electrons. The molecule has 1 aromatic heterocycles. The van der Waals surface area contributed by atoms with Crippen LogP contribution in [0.4, 0.5) is 5.82 Å². The van der Waals surface area contributed by atoms with Gasteiger partial charge in [-0.05, 0) is 53.4 Å². The molecule has 0 fully saturated rings. The largest absolute Gasteiger partial charge is 0.358 e. The molecule has 0 radical (unpaired) electrons. The minimum absolute atomic E-state index is 0.133. The smallest absolute Gasteiger partial charge is 0.128 e. The highest BCUT2D eigenvalue weighted by Crippen LogP contribution is 2.14. The summed E-state index contributed by atoms with van der Waals surface area (Å²) in [6.45, 7) is 11.5. The summed E-state index contributed by atoms with van der Waals surface area (Å²) in [6.07, 6.45) is 0. The number of likely N-dealkylation sites (N-methyl/N-ethyl adjacent to an activating group) is 2. The van der Waals surface area contributed by atoms with Crippen LogP contribution in [-0.2, 0) is 6.54 Å². The van der Waals surface area contributed by atoms with E-state index in [1.165, 1.54) is 5.56 Å². The van der Waals surface area contributed by atoms with Crippen molar-refractivity contribution in [1.82, 2.24) is 15.2 Å². The molecule has 4 nitrogen and oxygen atoms in total. The molecule has 0 saturated heterocycles. The van der Waals surface area contributed by atoms with E-state index in [9.17, 15) is 0 Å². The topological polar surface area (TPSA) is 31.4 Å². The third-order valence-electron chi connectivity index (χ3n) is 3.26. The van der Waals surface area contributed by atoms with Crippen LogP contribution in [0.15, 0.2) is 12.1 Å². The highest BCUT2D eigenvalue weighted by Gasteiger charge is 2.11. The van der Waals surface area contributed by atoms with Crippen molar-refractivity contribution in [2.45, 2.75) is 39.8 Å². The first-order valence-electron chi connectivity index (χ1n) is 7.26. The summed E-state index contributed by atoms with van der Waals surface area (Å²) in [4.78, 5) is 9.11. The van der Waals surface area contributed by atoms with Gasteiger partial charge in [-0.15, -0.1) is 0 Å². The quantitative estimate of drug-likeness (QED) is 0.865. The molecule has 0 bridgehead atoms. The van der Waals surface area contributed by atoms with Crippen LogP contribution in [0.3, 0.4) is 0 Å². The Hall–Kier alpha value is -1.13. The average Bonchev–Trinajstić information content (AvgIpc) is 2.33. The van der Waals surface area contributed by atoms with Gasteiger partial charge in [0.15, 0.2) is 0 Å². The maximum atomic E-state index is 4.72. The van der Waals surface area contributed by atoms with Crippen molar-refractivity contribution in [3.8, 4) is 0 Å². The number of nitrogens with one attached hydrogen (secondary N) is 1. The van der Waals surface area contributed by atoms with Gasteiger partial charge in [0, 0.05) is 37.9 Å². The normalized spacial score (nSPS) is 12.0. The van der Waals surface area contributed by atoms with E-state index in [-0.39, 0.29) is 5.54 Å².